The van der Waals surface area contributed by atoms with Gasteiger partial charge in [-0.1, -0.05) is 13.3 Å². The molecule has 1 aliphatic heterocycles. The van der Waals surface area contributed by atoms with Gasteiger partial charge in [-0.2, -0.15) is 0 Å². The molecule has 1 amide bonds. The van der Waals surface area contributed by atoms with Crippen LogP contribution in [0.4, 0.5) is 0 Å². The highest BCUT2D eigenvalue weighted by Crippen LogP contribution is 2.39. The van der Waals surface area contributed by atoms with E-state index in [-0.39, 0.29) is 11.8 Å². The third-order valence-electron chi connectivity index (χ3n) is 5.31. The van der Waals surface area contributed by atoms with Crippen molar-refractivity contribution < 1.29 is 14.7 Å². The summed E-state index contributed by atoms with van der Waals surface area (Å²) in [5.41, 5.74) is 0. The number of amides is 1. The maximum Gasteiger partial charge on any atom is 0.307 e. The van der Waals surface area contributed by atoms with Gasteiger partial charge in [0.05, 0.1) is 11.8 Å². The number of carbonyl (C=O) groups is 2. The Balaban J connectivity index is 2.05. The molecule has 120 valence electrons. The van der Waals surface area contributed by atoms with Gasteiger partial charge in [-0.3, -0.25) is 9.59 Å². The molecule has 1 saturated carbocycles. The average molecular weight is 296 g/mol. The van der Waals surface area contributed by atoms with E-state index in [4.69, 9.17) is 0 Å². The Labute approximate surface area is 127 Å². The first kappa shape index (κ1) is 16.3. The van der Waals surface area contributed by atoms with Crippen LogP contribution in [0.25, 0.3) is 0 Å². The summed E-state index contributed by atoms with van der Waals surface area (Å²) in [7, 11) is 4.09. The highest BCUT2D eigenvalue weighted by molar-refractivity contribution is 5.85. The van der Waals surface area contributed by atoms with E-state index in [1.165, 1.54) is 0 Å². The minimum atomic E-state index is -0.800. The molecule has 2 fully saturated rings. The predicted octanol–water partition coefficient (Wildman–Crippen LogP) is 1.68. The number of carboxylic acid groups (broad SMARTS) is 1. The van der Waals surface area contributed by atoms with Crippen LogP contribution in [0.3, 0.4) is 0 Å². The minimum absolute atomic E-state index is 0.0740. The van der Waals surface area contributed by atoms with E-state index in [2.05, 4.69) is 11.8 Å². The highest BCUT2D eigenvalue weighted by atomic mass is 16.4. The van der Waals surface area contributed by atoms with E-state index in [9.17, 15) is 14.7 Å². The van der Waals surface area contributed by atoms with Crippen LogP contribution in [0.1, 0.15) is 39.0 Å². The molecule has 1 heterocycles. The average Bonchev–Trinajstić information content (AvgIpc) is 2.91. The fourth-order valence-corrected chi connectivity index (χ4v) is 3.83. The van der Waals surface area contributed by atoms with Gasteiger partial charge in [0.1, 0.15) is 0 Å². The summed E-state index contributed by atoms with van der Waals surface area (Å²) in [6, 6.07) is 0.398. The maximum atomic E-state index is 12.8. The number of hydrogen-bond acceptors (Lipinski definition) is 3. The molecule has 0 aromatic rings. The first-order chi connectivity index (χ1) is 9.93. The zero-order valence-electron chi connectivity index (χ0n) is 13.4. The predicted molar refractivity (Wildman–Crippen MR) is 80.9 cm³/mol. The molecular formula is C16H28N2O3. The Morgan fingerprint density at radius 1 is 1.24 bits per heavy atom. The summed E-state index contributed by atoms with van der Waals surface area (Å²) in [5.74, 6) is -1.14. The molecule has 2 aliphatic rings. The largest absolute Gasteiger partial charge is 0.481 e. The molecule has 4 unspecified atom stereocenters. The molecule has 1 aliphatic carbocycles. The van der Waals surface area contributed by atoms with E-state index < -0.39 is 11.9 Å². The third kappa shape index (κ3) is 3.57. The van der Waals surface area contributed by atoms with Gasteiger partial charge >= 0.3 is 5.97 Å². The zero-order valence-corrected chi connectivity index (χ0v) is 13.4. The van der Waals surface area contributed by atoms with Crippen molar-refractivity contribution in [1.82, 2.24) is 9.80 Å². The summed E-state index contributed by atoms with van der Waals surface area (Å²) in [5, 5.41) is 9.41. The lowest BCUT2D eigenvalue weighted by atomic mass is 9.93. The van der Waals surface area contributed by atoms with E-state index in [1.54, 1.807) is 0 Å². The second-order valence-corrected chi connectivity index (χ2v) is 6.84. The monoisotopic (exact) mass is 296 g/mol. The molecule has 2 rings (SSSR count). The Kier molecular flexibility index (Phi) is 5.25. The van der Waals surface area contributed by atoms with Crippen LogP contribution < -0.4 is 0 Å². The van der Waals surface area contributed by atoms with Gasteiger partial charge in [-0.15, -0.1) is 0 Å². The summed E-state index contributed by atoms with van der Waals surface area (Å²) in [6.45, 7) is 3.60. The van der Waals surface area contributed by atoms with Gasteiger partial charge in [-0.05, 0) is 45.7 Å². The molecular weight excluding hydrogens is 268 g/mol. The lowest BCUT2D eigenvalue weighted by Crippen LogP contribution is -2.50. The SMILES string of the molecule is CCC1CC(C(=O)O)C(C(=O)N2CCCC(N(C)C)C2)C1. The lowest BCUT2D eigenvalue weighted by Gasteiger charge is -2.37. The Morgan fingerprint density at radius 2 is 1.90 bits per heavy atom. The maximum absolute atomic E-state index is 12.8. The van der Waals surface area contributed by atoms with E-state index >= 15 is 0 Å². The number of carbonyl (C=O) groups excluding carboxylic acids is 1. The molecule has 0 radical (unpaired) electrons. The number of likely N-dealkylation sites (tertiary alicyclic amines) is 1. The van der Waals surface area contributed by atoms with Crippen molar-refractivity contribution in [2.24, 2.45) is 17.8 Å². The van der Waals surface area contributed by atoms with Crippen LogP contribution in [-0.4, -0.2) is 60.0 Å². The van der Waals surface area contributed by atoms with Crippen molar-refractivity contribution in [1.29, 1.82) is 0 Å². The fraction of sp³-hybridized carbons (Fsp3) is 0.875. The number of rotatable bonds is 4. The molecule has 1 N–H and O–H groups in total. The van der Waals surface area contributed by atoms with Crippen molar-refractivity contribution in [3.8, 4) is 0 Å². The van der Waals surface area contributed by atoms with Gasteiger partial charge < -0.3 is 14.9 Å². The lowest BCUT2D eigenvalue weighted by molar-refractivity contribution is -0.149. The van der Waals surface area contributed by atoms with Crippen LogP contribution in [-0.2, 0) is 9.59 Å². The zero-order chi connectivity index (χ0) is 15.6. The quantitative estimate of drug-likeness (QED) is 0.857. The van der Waals surface area contributed by atoms with Crippen molar-refractivity contribution in [3.63, 3.8) is 0 Å². The first-order valence-electron chi connectivity index (χ1n) is 8.12. The Hall–Kier alpha value is -1.10. The molecule has 5 nitrogen and oxygen atoms in total. The van der Waals surface area contributed by atoms with E-state index in [1.807, 2.05) is 19.0 Å². The summed E-state index contributed by atoms with van der Waals surface area (Å²) in [4.78, 5) is 28.3. The van der Waals surface area contributed by atoms with Gasteiger partial charge in [0.2, 0.25) is 5.91 Å². The number of piperidine rings is 1. The Morgan fingerprint density at radius 3 is 2.48 bits per heavy atom. The molecule has 0 spiro atoms. The van der Waals surface area contributed by atoms with E-state index in [0.29, 0.717) is 18.4 Å². The van der Waals surface area contributed by atoms with Crippen molar-refractivity contribution in [2.45, 2.75) is 45.1 Å². The molecule has 5 heteroatoms. The number of nitrogens with zero attached hydrogens (tertiary/aromatic N) is 2. The summed E-state index contributed by atoms with van der Waals surface area (Å²) in [6.07, 6.45) is 4.49. The molecule has 21 heavy (non-hydrogen) atoms. The number of hydrogen-bond donors (Lipinski definition) is 1. The van der Waals surface area contributed by atoms with Crippen molar-refractivity contribution in [3.05, 3.63) is 0 Å². The highest BCUT2D eigenvalue weighted by Gasteiger charge is 2.44. The second-order valence-electron chi connectivity index (χ2n) is 6.84. The summed E-state index contributed by atoms with van der Waals surface area (Å²) < 4.78 is 0. The van der Waals surface area contributed by atoms with Crippen LogP contribution >= 0.6 is 0 Å². The van der Waals surface area contributed by atoms with Crippen LogP contribution in [0.2, 0.25) is 0 Å². The van der Waals surface area contributed by atoms with Crippen LogP contribution in [0, 0.1) is 17.8 Å². The number of carboxylic acids is 1. The van der Waals surface area contributed by atoms with Crippen molar-refractivity contribution >= 4 is 11.9 Å². The van der Waals surface area contributed by atoms with Crippen molar-refractivity contribution in [2.75, 3.05) is 27.2 Å². The molecule has 0 aromatic carbocycles. The third-order valence-corrected chi connectivity index (χ3v) is 5.31. The minimum Gasteiger partial charge on any atom is -0.481 e. The molecule has 0 aromatic heterocycles. The normalized spacial score (nSPS) is 33.4. The first-order valence-corrected chi connectivity index (χ1v) is 8.12. The number of aliphatic carboxylic acids is 1. The van der Waals surface area contributed by atoms with Gasteiger partial charge in [0, 0.05) is 19.1 Å². The van der Waals surface area contributed by atoms with Gasteiger partial charge in [0.25, 0.3) is 0 Å². The standard InChI is InChI=1S/C16H28N2O3/c1-4-11-8-13(14(9-11)16(20)21)15(19)18-7-5-6-12(10-18)17(2)3/h11-14H,4-10H2,1-3H3,(H,20,21). The molecule has 0 bridgehead atoms. The summed E-state index contributed by atoms with van der Waals surface area (Å²) >= 11 is 0. The molecule has 1 saturated heterocycles. The van der Waals surface area contributed by atoms with Gasteiger partial charge in [-0.25, -0.2) is 0 Å². The van der Waals surface area contributed by atoms with Crippen LogP contribution in [0.15, 0.2) is 0 Å². The topological polar surface area (TPSA) is 60.9 Å². The fourth-order valence-electron chi connectivity index (χ4n) is 3.83. The Bertz CT molecular complexity index is 397. The molecule has 4 atom stereocenters. The number of likely N-dealkylation sites (N-methyl/N-ethyl adjacent to an activating group) is 1. The second kappa shape index (κ2) is 6.77. The van der Waals surface area contributed by atoms with E-state index in [0.717, 1.165) is 38.8 Å². The smallest absolute Gasteiger partial charge is 0.307 e. The van der Waals surface area contributed by atoms with Crippen LogP contribution in [0.5, 0.6) is 0 Å². The van der Waals surface area contributed by atoms with Gasteiger partial charge in [0.15, 0.2) is 0 Å².